The quantitative estimate of drug-likeness (QED) is 0.900. The van der Waals surface area contributed by atoms with Crippen molar-refractivity contribution in [3.8, 4) is 11.5 Å². The highest BCUT2D eigenvalue weighted by Crippen LogP contribution is 2.32. The van der Waals surface area contributed by atoms with Crippen molar-refractivity contribution in [3.63, 3.8) is 0 Å². The van der Waals surface area contributed by atoms with Crippen molar-refractivity contribution in [3.05, 3.63) is 40.3 Å². The number of thiazole rings is 1. The first-order valence-corrected chi connectivity index (χ1v) is 6.26. The highest BCUT2D eigenvalue weighted by atomic mass is 32.1. The minimum Gasteiger partial charge on any atom is -0.454 e. The maximum absolute atomic E-state index is 5.33. The van der Waals surface area contributed by atoms with E-state index in [1.165, 1.54) is 10.4 Å². The SMILES string of the molecule is c1ncc(CNCc2ccc3c(c2)OCO3)s1. The summed E-state index contributed by atoms with van der Waals surface area (Å²) >= 11 is 1.66. The topological polar surface area (TPSA) is 43.4 Å². The van der Waals surface area contributed by atoms with Crippen molar-refractivity contribution in [2.24, 2.45) is 0 Å². The van der Waals surface area contributed by atoms with E-state index in [0.29, 0.717) is 6.79 Å². The molecule has 1 aliphatic heterocycles. The van der Waals surface area contributed by atoms with Crippen molar-refractivity contribution in [2.75, 3.05) is 6.79 Å². The first kappa shape index (κ1) is 10.6. The predicted molar refractivity (Wildman–Crippen MR) is 65.2 cm³/mol. The average Bonchev–Trinajstić information content (AvgIpc) is 2.98. The summed E-state index contributed by atoms with van der Waals surface area (Å²) in [7, 11) is 0. The standard InChI is InChI=1S/C12H12N2O2S/c1-2-11-12(16-8-15-11)3-9(1)4-13-5-10-6-14-7-17-10/h1-3,6-7,13H,4-5,8H2. The van der Waals surface area contributed by atoms with E-state index in [0.717, 1.165) is 24.6 Å². The minimum atomic E-state index is 0.326. The lowest BCUT2D eigenvalue weighted by molar-refractivity contribution is 0.174. The van der Waals surface area contributed by atoms with E-state index in [4.69, 9.17) is 9.47 Å². The fourth-order valence-electron chi connectivity index (χ4n) is 1.71. The summed E-state index contributed by atoms with van der Waals surface area (Å²) in [6.45, 7) is 1.99. The molecule has 1 aliphatic rings. The molecule has 3 rings (SSSR count). The summed E-state index contributed by atoms with van der Waals surface area (Å²) in [5, 5.41) is 3.37. The zero-order valence-electron chi connectivity index (χ0n) is 9.18. The van der Waals surface area contributed by atoms with Crippen LogP contribution in [-0.4, -0.2) is 11.8 Å². The molecule has 0 fully saturated rings. The number of nitrogens with zero attached hydrogens (tertiary/aromatic N) is 1. The number of fused-ring (bicyclic) bond motifs is 1. The first-order valence-electron chi connectivity index (χ1n) is 5.38. The van der Waals surface area contributed by atoms with E-state index < -0.39 is 0 Å². The van der Waals surface area contributed by atoms with Crippen LogP contribution >= 0.6 is 11.3 Å². The van der Waals surface area contributed by atoms with Gasteiger partial charge in [0.25, 0.3) is 0 Å². The van der Waals surface area contributed by atoms with Crippen molar-refractivity contribution < 1.29 is 9.47 Å². The molecule has 0 unspecified atom stereocenters. The largest absolute Gasteiger partial charge is 0.454 e. The van der Waals surface area contributed by atoms with Crippen LogP contribution in [0.15, 0.2) is 29.9 Å². The molecule has 88 valence electrons. The summed E-state index contributed by atoms with van der Waals surface area (Å²) in [6.07, 6.45) is 1.89. The van der Waals surface area contributed by atoms with Crippen LogP contribution in [0.2, 0.25) is 0 Å². The summed E-state index contributed by atoms with van der Waals surface area (Å²) in [6, 6.07) is 6.02. The highest BCUT2D eigenvalue weighted by molar-refractivity contribution is 7.09. The van der Waals surface area contributed by atoms with Gasteiger partial charge in [0.15, 0.2) is 11.5 Å². The predicted octanol–water partition coefficient (Wildman–Crippen LogP) is 2.16. The Labute approximate surface area is 103 Å². The molecule has 4 nitrogen and oxygen atoms in total. The van der Waals surface area contributed by atoms with Crippen molar-refractivity contribution in [2.45, 2.75) is 13.1 Å². The third kappa shape index (κ3) is 2.40. The molecule has 0 aliphatic carbocycles. The summed E-state index contributed by atoms with van der Waals surface area (Å²) in [5.41, 5.74) is 3.04. The fraction of sp³-hybridized carbons (Fsp3) is 0.250. The van der Waals surface area contributed by atoms with Crippen LogP contribution in [0.4, 0.5) is 0 Å². The van der Waals surface area contributed by atoms with Crippen molar-refractivity contribution in [1.29, 1.82) is 0 Å². The number of rotatable bonds is 4. The minimum absolute atomic E-state index is 0.326. The van der Waals surface area contributed by atoms with Crippen molar-refractivity contribution >= 4 is 11.3 Å². The van der Waals surface area contributed by atoms with E-state index >= 15 is 0 Å². The fourth-order valence-corrected chi connectivity index (χ4v) is 2.27. The van der Waals surface area contributed by atoms with Crippen LogP contribution in [0.5, 0.6) is 11.5 Å². The molecule has 0 amide bonds. The molecular weight excluding hydrogens is 236 g/mol. The number of nitrogens with one attached hydrogen (secondary N) is 1. The average molecular weight is 248 g/mol. The third-order valence-corrected chi connectivity index (χ3v) is 3.33. The Morgan fingerprint density at radius 2 is 2.18 bits per heavy atom. The van der Waals surface area contributed by atoms with E-state index in [2.05, 4.69) is 10.3 Å². The Morgan fingerprint density at radius 1 is 1.24 bits per heavy atom. The summed E-state index contributed by atoms with van der Waals surface area (Å²) in [5.74, 6) is 1.67. The van der Waals surface area contributed by atoms with Gasteiger partial charge in [-0.25, -0.2) is 0 Å². The van der Waals surface area contributed by atoms with Crippen molar-refractivity contribution in [1.82, 2.24) is 10.3 Å². The molecule has 0 spiro atoms. The van der Waals surface area contributed by atoms with Crippen LogP contribution in [0.1, 0.15) is 10.4 Å². The Hall–Kier alpha value is -1.59. The van der Waals surface area contributed by atoms with Gasteiger partial charge in [-0.3, -0.25) is 4.98 Å². The Balaban J connectivity index is 1.58. The van der Waals surface area contributed by atoms with Crippen LogP contribution in [0.25, 0.3) is 0 Å². The number of benzene rings is 1. The maximum Gasteiger partial charge on any atom is 0.231 e. The van der Waals surface area contributed by atoms with Gasteiger partial charge >= 0.3 is 0 Å². The van der Waals surface area contributed by atoms with Gasteiger partial charge < -0.3 is 14.8 Å². The number of hydrogen-bond acceptors (Lipinski definition) is 5. The molecule has 0 bridgehead atoms. The zero-order valence-corrected chi connectivity index (χ0v) is 10.00. The van der Waals surface area contributed by atoms with E-state index in [-0.39, 0.29) is 0 Å². The third-order valence-electron chi connectivity index (χ3n) is 2.55. The lowest BCUT2D eigenvalue weighted by Crippen LogP contribution is -2.11. The van der Waals surface area contributed by atoms with Crippen LogP contribution in [0, 0.1) is 0 Å². The molecule has 1 aromatic heterocycles. The summed E-state index contributed by atoms with van der Waals surface area (Å²) < 4.78 is 10.6. The van der Waals surface area contributed by atoms with E-state index in [1.54, 1.807) is 11.3 Å². The van der Waals surface area contributed by atoms with Gasteiger partial charge in [0.2, 0.25) is 6.79 Å². The number of hydrogen-bond donors (Lipinski definition) is 1. The molecule has 2 heterocycles. The normalized spacial score (nSPS) is 12.9. The monoisotopic (exact) mass is 248 g/mol. The van der Waals surface area contributed by atoms with Gasteiger partial charge in [0.05, 0.1) is 5.51 Å². The van der Waals surface area contributed by atoms with Gasteiger partial charge in [0, 0.05) is 24.2 Å². The second kappa shape index (κ2) is 4.73. The summed E-state index contributed by atoms with van der Waals surface area (Å²) in [4.78, 5) is 5.28. The van der Waals surface area contributed by atoms with Gasteiger partial charge in [0.1, 0.15) is 0 Å². The lowest BCUT2D eigenvalue weighted by atomic mass is 10.2. The maximum atomic E-state index is 5.33. The van der Waals surface area contributed by atoms with Gasteiger partial charge in [-0.2, -0.15) is 0 Å². The Kier molecular flexibility index (Phi) is 2.94. The number of aromatic nitrogens is 1. The highest BCUT2D eigenvalue weighted by Gasteiger charge is 2.12. The molecule has 0 saturated heterocycles. The molecule has 0 radical (unpaired) electrons. The molecule has 5 heteroatoms. The molecule has 0 saturated carbocycles. The molecule has 1 N–H and O–H groups in total. The smallest absolute Gasteiger partial charge is 0.231 e. The van der Waals surface area contributed by atoms with Crippen LogP contribution in [-0.2, 0) is 13.1 Å². The number of ether oxygens (including phenoxy) is 2. The van der Waals surface area contributed by atoms with E-state index in [9.17, 15) is 0 Å². The first-order chi connectivity index (χ1) is 8.42. The molecular formula is C12H12N2O2S. The van der Waals surface area contributed by atoms with Gasteiger partial charge in [-0.05, 0) is 17.7 Å². The second-order valence-corrected chi connectivity index (χ2v) is 4.73. The molecule has 0 atom stereocenters. The van der Waals surface area contributed by atoms with Crippen LogP contribution in [0.3, 0.4) is 0 Å². The molecule has 1 aromatic carbocycles. The molecule has 17 heavy (non-hydrogen) atoms. The zero-order chi connectivity index (χ0) is 11.5. The van der Waals surface area contributed by atoms with Gasteiger partial charge in [-0.1, -0.05) is 6.07 Å². The Morgan fingerprint density at radius 3 is 3.06 bits per heavy atom. The van der Waals surface area contributed by atoms with E-state index in [1.807, 2.05) is 29.9 Å². The second-order valence-electron chi connectivity index (χ2n) is 3.76. The van der Waals surface area contributed by atoms with Gasteiger partial charge in [-0.15, -0.1) is 11.3 Å². The lowest BCUT2D eigenvalue weighted by Gasteiger charge is -2.04. The Bertz CT molecular complexity index is 499. The van der Waals surface area contributed by atoms with Crippen LogP contribution < -0.4 is 14.8 Å². The molecule has 2 aromatic rings.